The first-order valence-electron chi connectivity index (χ1n) is 4.75. The summed E-state index contributed by atoms with van der Waals surface area (Å²) < 4.78 is 25.8. The van der Waals surface area contributed by atoms with Gasteiger partial charge in [0.15, 0.2) is 11.6 Å². The molecule has 0 saturated carbocycles. The molecule has 0 radical (unpaired) electrons. The first kappa shape index (κ1) is 12.7. The van der Waals surface area contributed by atoms with Gasteiger partial charge in [-0.15, -0.1) is 11.6 Å². The zero-order valence-corrected chi connectivity index (χ0v) is 10.0. The monoisotopic (exact) mass is 252 g/mol. The van der Waals surface area contributed by atoms with Crippen LogP contribution in [0.4, 0.5) is 8.78 Å². The molecule has 1 rings (SSSR count). The predicted molar refractivity (Wildman–Crippen MR) is 59.4 cm³/mol. The number of alkyl halides is 1. The Balaban J connectivity index is 3.09. The fourth-order valence-corrected chi connectivity index (χ4v) is 1.95. The second kappa shape index (κ2) is 5.13. The first-order valence-corrected chi connectivity index (χ1v) is 5.57. The van der Waals surface area contributed by atoms with Crippen LogP contribution in [0.15, 0.2) is 12.1 Å². The summed E-state index contributed by atoms with van der Waals surface area (Å²) in [5, 5.41) is -0.216. The number of halogens is 4. The van der Waals surface area contributed by atoms with E-state index in [4.69, 9.17) is 23.2 Å². The largest absolute Gasteiger partial charge is 0.204 e. The van der Waals surface area contributed by atoms with Crippen LogP contribution in [0.1, 0.15) is 31.2 Å². The quantitative estimate of drug-likeness (QED) is 0.528. The average molecular weight is 253 g/mol. The van der Waals surface area contributed by atoms with Crippen LogP contribution in [-0.2, 0) is 0 Å². The Kier molecular flexibility index (Phi) is 4.35. The number of rotatable bonds is 3. The highest BCUT2D eigenvalue weighted by molar-refractivity contribution is 6.32. The molecule has 0 heterocycles. The minimum atomic E-state index is -0.947. The summed E-state index contributed by atoms with van der Waals surface area (Å²) in [6, 6.07) is 2.03. The lowest BCUT2D eigenvalue weighted by molar-refractivity contribution is 0.500. The summed E-state index contributed by atoms with van der Waals surface area (Å²) >= 11 is 11.9. The Bertz CT molecular complexity index is 353. The van der Waals surface area contributed by atoms with E-state index in [9.17, 15) is 8.78 Å². The van der Waals surface area contributed by atoms with E-state index in [-0.39, 0.29) is 10.9 Å². The lowest BCUT2D eigenvalue weighted by atomic mass is 9.98. The van der Waals surface area contributed by atoms with Gasteiger partial charge in [0.25, 0.3) is 0 Å². The van der Waals surface area contributed by atoms with Crippen LogP contribution in [0.25, 0.3) is 0 Å². The van der Waals surface area contributed by atoms with Crippen molar-refractivity contribution in [1.29, 1.82) is 0 Å². The number of hydrogen-bond donors (Lipinski definition) is 0. The Morgan fingerprint density at radius 3 is 2.33 bits per heavy atom. The van der Waals surface area contributed by atoms with Gasteiger partial charge in [0.2, 0.25) is 0 Å². The van der Waals surface area contributed by atoms with Gasteiger partial charge in [-0.2, -0.15) is 0 Å². The van der Waals surface area contributed by atoms with E-state index in [0.29, 0.717) is 5.56 Å². The van der Waals surface area contributed by atoms with Gasteiger partial charge in [-0.25, -0.2) is 8.78 Å². The molecule has 84 valence electrons. The molecule has 1 aromatic carbocycles. The molecule has 1 aromatic rings. The van der Waals surface area contributed by atoms with E-state index in [1.165, 1.54) is 0 Å². The van der Waals surface area contributed by atoms with E-state index >= 15 is 0 Å². The van der Waals surface area contributed by atoms with Crippen LogP contribution in [0.2, 0.25) is 5.02 Å². The van der Waals surface area contributed by atoms with Gasteiger partial charge in [0, 0.05) is 5.02 Å². The van der Waals surface area contributed by atoms with Crippen molar-refractivity contribution in [2.24, 2.45) is 5.92 Å². The molecule has 0 aliphatic heterocycles. The molecule has 0 fully saturated rings. The lowest BCUT2D eigenvalue weighted by Crippen LogP contribution is -2.04. The predicted octanol–water partition coefficient (Wildman–Crippen LogP) is 4.94. The van der Waals surface area contributed by atoms with Crippen molar-refractivity contribution in [2.75, 3.05) is 0 Å². The second-order valence-electron chi connectivity index (χ2n) is 3.58. The zero-order valence-electron chi connectivity index (χ0n) is 8.53. The summed E-state index contributed by atoms with van der Waals surface area (Å²) in [5.74, 6) is -1.70. The van der Waals surface area contributed by atoms with Crippen molar-refractivity contribution in [3.63, 3.8) is 0 Å². The molecular weight excluding hydrogens is 241 g/mol. The Morgan fingerprint density at radius 1 is 1.27 bits per heavy atom. The molecular formula is C11H12Cl2F2. The van der Waals surface area contributed by atoms with Crippen molar-refractivity contribution >= 4 is 23.2 Å². The van der Waals surface area contributed by atoms with Gasteiger partial charge >= 0.3 is 0 Å². The minimum absolute atomic E-state index is 0.161. The second-order valence-corrected chi connectivity index (χ2v) is 4.45. The van der Waals surface area contributed by atoms with Crippen molar-refractivity contribution in [1.82, 2.24) is 0 Å². The summed E-state index contributed by atoms with van der Waals surface area (Å²) in [6.07, 6.45) is 0.851. The molecule has 0 spiro atoms. The SMILES string of the molecule is CCC(C)C(Cl)c1cc(F)c(F)cc1Cl. The van der Waals surface area contributed by atoms with Gasteiger partial charge in [-0.05, 0) is 23.6 Å². The smallest absolute Gasteiger partial charge is 0.160 e. The third kappa shape index (κ3) is 2.82. The molecule has 0 N–H and O–H groups in total. The van der Waals surface area contributed by atoms with Crippen LogP contribution < -0.4 is 0 Å². The van der Waals surface area contributed by atoms with E-state index in [0.717, 1.165) is 18.6 Å². The highest BCUT2D eigenvalue weighted by Crippen LogP contribution is 2.36. The normalized spacial score (nSPS) is 15.1. The van der Waals surface area contributed by atoms with Crippen molar-refractivity contribution in [2.45, 2.75) is 25.6 Å². The third-order valence-corrected chi connectivity index (χ3v) is 3.47. The molecule has 0 saturated heterocycles. The number of benzene rings is 1. The number of hydrogen-bond acceptors (Lipinski definition) is 0. The van der Waals surface area contributed by atoms with Gasteiger partial charge in [-0.1, -0.05) is 31.9 Å². The fourth-order valence-electron chi connectivity index (χ4n) is 1.26. The van der Waals surface area contributed by atoms with Crippen LogP contribution in [0.3, 0.4) is 0 Å². The molecule has 0 aliphatic carbocycles. The highest BCUT2D eigenvalue weighted by Gasteiger charge is 2.20. The summed E-state index contributed by atoms with van der Waals surface area (Å²) in [4.78, 5) is 0. The van der Waals surface area contributed by atoms with Crippen molar-refractivity contribution in [3.05, 3.63) is 34.4 Å². The Morgan fingerprint density at radius 2 is 1.80 bits per heavy atom. The van der Waals surface area contributed by atoms with Crippen molar-refractivity contribution in [3.8, 4) is 0 Å². The Hall–Kier alpha value is -0.340. The molecule has 0 bridgehead atoms. The minimum Gasteiger partial charge on any atom is -0.204 e. The zero-order chi connectivity index (χ0) is 11.6. The molecule has 0 nitrogen and oxygen atoms in total. The van der Waals surface area contributed by atoms with Gasteiger partial charge < -0.3 is 0 Å². The maximum atomic E-state index is 13.0. The molecule has 4 heteroatoms. The summed E-state index contributed by atoms with van der Waals surface area (Å²) in [5.41, 5.74) is 0.451. The van der Waals surface area contributed by atoms with E-state index in [2.05, 4.69) is 0 Å². The maximum Gasteiger partial charge on any atom is 0.160 e. The molecule has 2 atom stereocenters. The molecule has 0 aliphatic rings. The van der Waals surface area contributed by atoms with Crippen LogP contribution >= 0.6 is 23.2 Å². The molecule has 0 amide bonds. The highest BCUT2D eigenvalue weighted by atomic mass is 35.5. The van der Waals surface area contributed by atoms with Gasteiger partial charge in [-0.3, -0.25) is 0 Å². The van der Waals surface area contributed by atoms with Crippen LogP contribution in [0.5, 0.6) is 0 Å². The van der Waals surface area contributed by atoms with E-state index in [1.807, 2.05) is 13.8 Å². The third-order valence-electron chi connectivity index (χ3n) is 2.48. The summed E-state index contributed by atoms with van der Waals surface area (Å²) in [6.45, 7) is 3.92. The standard InChI is InChI=1S/C11H12Cl2F2/c1-3-6(2)11(13)7-4-9(14)10(15)5-8(7)12/h4-6,11H,3H2,1-2H3. The van der Waals surface area contributed by atoms with Crippen LogP contribution in [0, 0.1) is 17.6 Å². The topological polar surface area (TPSA) is 0 Å². The van der Waals surface area contributed by atoms with E-state index < -0.39 is 17.0 Å². The van der Waals surface area contributed by atoms with Crippen molar-refractivity contribution < 1.29 is 8.78 Å². The van der Waals surface area contributed by atoms with E-state index in [1.54, 1.807) is 0 Å². The van der Waals surface area contributed by atoms with Crippen LogP contribution in [-0.4, -0.2) is 0 Å². The summed E-state index contributed by atoms with van der Waals surface area (Å²) in [7, 11) is 0. The fraction of sp³-hybridized carbons (Fsp3) is 0.455. The average Bonchev–Trinajstić information content (AvgIpc) is 2.21. The maximum absolute atomic E-state index is 13.0. The Labute approximate surface area is 98.2 Å². The van der Waals surface area contributed by atoms with Gasteiger partial charge in [0.1, 0.15) is 0 Å². The molecule has 2 unspecified atom stereocenters. The molecule has 0 aromatic heterocycles. The lowest BCUT2D eigenvalue weighted by Gasteiger charge is -2.17. The first-order chi connectivity index (χ1) is 6.97. The molecule has 15 heavy (non-hydrogen) atoms. The van der Waals surface area contributed by atoms with Gasteiger partial charge in [0.05, 0.1) is 5.38 Å².